The van der Waals surface area contributed by atoms with Gasteiger partial charge in [0.05, 0.1) is 5.69 Å². The zero-order chi connectivity index (χ0) is 15.4. The highest BCUT2D eigenvalue weighted by Crippen LogP contribution is 2.17. The number of nitrogen functional groups attached to an aromatic ring is 1. The normalized spacial score (nSPS) is 10.6. The fraction of sp³-hybridized carbons (Fsp3) is 0.375. The summed E-state index contributed by atoms with van der Waals surface area (Å²) in [6.45, 7) is 6.28. The molecule has 1 heterocycles. The number of benzene rings is 1. The van der Waals surface area contributed by atoms with Crippen LogP contribution in [0.5, 0.6) is 0 Å². The molecule has 0 radical (unpaired) electrons. The van der Waals surface area contributed by atoms with E-state index in [1.807, 2.05) is 19.1 Å². The van der Waals surface area contributed by atoms with Gasteiger partial charge >= 0.3 is 0 Å². The summed E-state index contributed by atoms with van der Waals surface area (Å²) < 4.78 is 1.78. The molecule has 0 bridgehead atoms. The Labute approximate surface area is 125 Å². The molecule has 0 saturated carbocycles. The van der Waals surface area contributed by atoms with Crippen molar-refractivity contribution in [2.75, 3.05) is 11.1 Å². The lowest BCUT2D eigenvalue weighted by Gasteiger charge is -2.10. The molecule has 5 nitrogen and oxygen atoms in total. The van der Waals surface area contributed by atoms with E-state index in [0.29, 0.717) is 5.69 Å². The smallest absolute Gasteiger partial charge is 0.246 e. The maximum atomic E-state index is 12.2. The maximum absolute atomic E-state index is 12.2. The third kappa shape index (κ3) is 3.62. The number of nitrogens with zero attached hydrogens (tertiary/aromatic N) is 2. The van der Waals surface area contributed by atoms with Crippen molar-refractivity contribution in [1.29, 1.82) is 0 Å². The highest BCUT2D eigenvalue weighted by atomic mass is 16.2. The first-order chi connectivity index (χ1) is 10.0. The topological polar surface area (TPSA) is 72.9 Å². The van der Waals surface area contributed by atoms with Gasteiger partial charge in [-0.2, -0.15) is 5.10 Å². The van der Waals surface area contributed by atoms with E-state index in [9.17, 15) is 4.79 Å². The van der Waals surface area contributed by atoms with Crippen LogP contribution in [0.3, 0.4) is 0 Å². The van der Waals surface area contributed by atoms with Crippen LogP contribution >= 0.6 is 0 Å². The summed E-state index contributed by atoms with van der Waals surface area (Å²) in [7, 11) is 0. The average Bonchev–Trinajstić information content (AvgIpc) is 2.84. The average molecular weight is 286 g/mol. The van der Waals surface area contributed by atoms with Crippen molar-refractivity contribution >= 4 is 17.3 Å². The van der Waals surface area contributed by atoms with E-state index in [1.165, 1.54) is 0 Å². The van der Waals surface area contributed by atoms with Gasteiger partial charge in [0.25, 0.3) is 0 Å². The highest BCUT2D eigenvalue weighted by molar-refractivity contribution is 5.91. The Hall–Kier alpha value is -2.30. The predicted octanol–water partition coefficient (Wildman–Crippen LogP) is 2.54. The first kappa shape index (κ1) is 15.1. The zero-order valence-corrected chi connectivity index (χ0v) is 12.8. The van der Waals surface area contributed by atoms with Crippen LogP contribution in [0.4, 0.5) is 11.4 Å². The first-order valence-electron chi connectivity index (χ1n) is 7.25. The number of carbonyl (C=O) groups excluding carboxylic acids is 1. The maximum Gasteiger partial charge on any atom is 0.246 e. The van der Waals surface area contributed by atoms with E-state index < -0.39 is 0 Å². The highest BCUT2D eigenvalue weighted by Gasteiger charge is 2.10. The van der Waals surface area contributed by atoms with Crippen LogP contribution in [-0.4, -0.2) is 15.7 Å². The second-order valence-electron chi connectivity index (χ2n) is 5.11. The summed E-state index contributed by atoms with van der Waals surface area (Å²) in [6.07, 6.45) is 1.74. The Morgan fingerprint density at radius 3 is 2.67 bits per heavy atom. The molecule has 0 aliphatic heterocycles. The molecule has 0 spiro atoms. The Balaban J connectivity index is 2.09. The minimum Gasteiger partial charge on any atom is -0.399 e. The van der Waals surface area contributed by atoms with Crippen molar-refractivity contribution in [2.45, 2.75) is 40.2 Å². The monoisotopic (exact) mass is 286 g/mol. The van der Waals surface area contributed by atoms with Crippen molar-refractivity contribution in [3.05, 3.63) is 41.2 Å². The molecule has 0 fully saturated rings. The number of nitrogens with one attached hydrogen (secondary N) is 1. The van der Waals surface area contributed by atoms with Crippen molar-refractivity contribution < 1.29 is 4.79 Å². The number of carbonyl (C=O) groups is 1. The summed E-state index contributed by atoms with van der Waals surface area (Å²) in [6, 6.07) is 7.50. The molecule has 1 aromatic carbocycles. The Kier molecular flexibility index (Phi) is 4.62. The first-order valence-corrected chi connectivity index (χ1v) is 7.25. The van der Waals surface area contributed by atoms with Gasteiger partial charge in [0.1, 0.15) is 6.54 Å². The number of rotatable bonds is 5. The van der Waals surface area contributed by atoms with E-state index in [2.05, 4.69) is 30.3 Å². The van der Waals surface area contributed by atoms with E-state index >= 15 is 0 Å². The SMILES string of the molecule is CCc1cc(CC)n(CC(=O)Nc2ccc(N)cc2C)n1. The molecule has 1 amide bonds. The molecule has 0 atom stereocenters. The lowest BCUT2D eigenvalue weighted by Crippen LogP contribution is -2.21. The molecule has 0 aliphatic carbocycles. The molecule has 5 heteroatoms. The van der Waals surface area contributed by atoms with Gasteiger partial charge in [-0.1, -0.05) is 13.8 Å². The van der Waals surface area contributed by atoms with Gasteiger partial charge in [0, 0.05) is 17.1 Å². The molecule has 112 valence electrons. The standard InChI is InChI=1S/C16H22N4O/c1-4-13-9-14(5-2)20(19-13)10-16(21)18-15-7-6-12(17)8-11(15)3/h6-9H,4-5,10,17H2,1-3H3,(H,18,21). The summed E-state index contributed by atoms with van der Waals surface area (Å²) >= 11 is 0. The summed E-state index contributed by atoms with van der Waals surface area (Å²) in [4.78, 5) is 12.2. The molecule has 0 unspecified atom stereocenters. The van der Waals surface area contributed by atoms with Crippen LogP contribution in [0.25, 0.3) is 0 Å². The van der Waals surface area contributed by atoms with Gasteiger partial charge in [-0.3, -0.25) is 9.48 Å². The van der Waals surface area contributed by atoms with Gasteiger partial charge in [0.15, 0.2) is 0 Å². The van der Waals surface area contributed by atoms with Crippen LogP contribution in [-0.2, 0) is 24.2 Å². The van der Waals surface area contributed by atoms with Crippen molar-refractivity contribution in [3.63, 3.8) is 0 Å². The molecular weight excluding hydrogens is 264 g/mol. The third-order valence-electron chi connectivity index (χ3n) is 3.46. The second-order valence-corrected chi connectivity index (χ2v) is 5.11. The fourth-order valence-corrected chi connectivity index (χ4v) is 2.26. The number of aryl methyl sites for hydroxylation is 3. The summed E-state index contributed by atoms with van der Waals surface area (Å²) in [5.74, 6) is -0.0803. The van der Waals surface area contributed by atoms with Crippen LogP contribution in [0.2, 0.25) is 0 Å². The van der Waals surface area contributed by atoms with Gasteiger partial charge in [-0.15, -0.1) is 0 Å². The van der Waals surface area contributed by atoms with Crippen molar-refractivity contribution in [3.8, 4) is 0 Å². The molecule has 2 rings (SSSR count). The van der Waals surface area contributed by atoms with Crippen LogP contribution < -0.4 is 11.1 Å². The predicted molar refractivity (Wildman–Crippen MR) is 85.2 cm³/mol. The largest absolute Gasteiger partial charge is 0.399 e. The number of nitrogens with two attached hydrogens (primary N) is 1. The van der Waals surface area contributed by atoms with Crippen molar-refractivity contribution in [1.82, 2.24) is 9.78 Å². The minimum atomic E-state index is -0.0803. The quantitative estimate of drug-likeness (QED) is 0.830. The number of aromatic nitrogens is 2. The fourth-order valence-electron chi connectivity index (χ4n) is 2.26. The lowest BCUT2D eigenvalue weighted by atomic mass is 10.2. The molecular formula is C16H22N4O. The molecule has 3 N–H and O–H groups in total. The molecule has 1 aromatic heterocycles. The number of hydrogen-bond donors (Lipinski definition) is 2. The Bertz CT molecular complexity index is 646. The van der Waals surface area contributed by atoms with E-state index in [0.717, 1.165) is 35.5 Å². The van der Waals surface area contributed by atoms with E-state index in [1.54, 1.807) is 10.7 Å². The zero-order valence-electron chi connectivity index (χ0n) is 12.8. The van der Waals surface area contributed by atoms with E-state index in [-0.39, 0.29) is 12.5 Å². The summed E-state index contributed by atoms with van der Waals surface area (Å²) in [5.41, 5.74) is 10.2. The molecule has 0 saturated heterocycles. The lowest BCUT2D eigenvalue weighted by molar-refractivity contribution is -0.116. The van der Waals surface area contributed by atoms with Gasteiger partial charge in [-0.05, 0) is 49.6 Å². The Morgan fingerprint density at radius 1 is 1.29 bits per heavy atom. The summed E-state index contributed by atoms with van der Waals surface area (Å²) in [5, 5.41) is 7.36. The van der Waals surface area contributed by atoms with Crippen molar-refractivity contribution in [2.24, 2.45) is 0 Å². The van der Waals surface area contributed by atoms with Gasteiger partial charge in [0.2, 0.25) is 5.91 Å². The van der Waals surface area contributed by atoms with Gasteiger partial charge < -0.3 is 11.1 Å². The molecule has 0 aliphatic rings. The van der Waals surface area contributed by atoms with Gasteiger partial charge in [-0.25, -0.2) is 0 Å². The number of hydrogen-bond acceptors (Lipinski definition) is 3. The molecule has 2 aromatic rings. The minimum absolute atomic E-state index is 0.0803. The second kappa shape index (κ2) is 6.43. The molecule has 21 heavy (non-hydrogen) atoms. The number of amides is 1. The third-order valence-corrected chi connectivity index (χ3v) is 3.46. The Morgan fingerprint density at radius 2 is 2.05 bits per heavy atom. The van der Waals surface area contributed by atoms with E-state index in [4.69, 9.17) is 5.73 Å². The number of anilines is 2. The van der Waals surface area contributed by atoms with Crippen LogP contribution in [0.1, 0.15) is 30.8 Å². The van der Waals surface area contributed by atoms with Crippen LogP contribution in [0, 0.1) is 6.92 Å². The van der Waals surface area contributed by atoms with Crippen LogP contribution in [0.15, 0.2) is 24.3 Å².